The summed E-state index contributed by atoms with van der Waals surface area (Å²) in [4.78, 5) is 34.4. The van der Waals surface area contributed by atoms with Gasteiger partial charge in [-0.3, -0.25) is 9.59 Å². The third-order valence-electron chi connectivity index (χ3n) is 6.60. The van der Waals surface area contributed by atoms with E-state index in [4.69, 9.17) is 4.74 Å². The first-order valence-corrected chi connectivity index (χ1v) is 10.9. The molecule has 1 aromatic heterocycles. The van der Waals surface area contributed by atoms with Crippen LogP contribution in [0.4, 0.5) is 5.69 Å². The topological polar surface area (TPSA) is 67.7 Å². The summed E-state index contributed by atoms with van der Waals surface area (Å²) < 4.78 is 7.16. The summed E-state index contributed by atoms with van der Waals surface area (Å²) >= 11 is 0. The summed E-state index contributed by atoms with van der Waals surface area (Å²) in [6.45, 7) is 0.628. The van der Waals surface area contributed by atoms with Crippen LogP contribution in [0.2, 0.25) is 0 Å². The molecular formula is C25H26N4O3. The Bertz CT molecular complexity index is 1100. The lowest BCUT2D eigenvalue weighted by Crippen LogP contribution is -2.65. The molecule has 0 N–H and O–H groups in total. The summed E-state index contributed by atoms with van der Waals surface area (Å²) in [5.74, 6) is 0.623. The Kier molecular flexibility index (Phi) is 5.17. The van der Waals surface area contributed by atoms with E-state index < -0.39 is 0 Å². The zero-order chi connectivity index (χ0) is 22.1. The highest BCUT2D eigenvalue weighted by molar-refractivity contribution is 6.03. The number of nitrogens with zero attached hydrogens (tertiary/aromatic N) is 4. The number of ether oxygens (including phenoxy) is 1. The molecule has 2 amide bonds. The van der Waals surface area contributed by atoms with Gasteiger partial charge in [0.2, 0.25) is 5.91 Å². The first kappa shape index (κ1) is 20.3. The quantitative estimate of drug-likeness (QED) is 0.633. The molecule has 0 radical (unpaired) electrons. The molecule has 0 atom stereocenters. The number of benzene rings is 2. The van der Waals surface area contributed by atoms with Gasteiger partial charge >= 0.3 is 0 Å². The smallest absolute Gasteiger partial charge is 0.254 e. The molecule has 1 aliphatic carbocycles. The molecule has 0 bridgehead atoms. The predicted octanol–water partition coefficient (Wildman–Crippen LogP) is 3.68. The van der Waals surface area contributed by atoms with Crippen molar-refractivity contribution in [3.8, 4) is 11.4 Å². The summed E-state index contributed by atoms with van der Waals surface area (Å²) in [6, 6.07) is 15.1. The minimum absolute atomic E-state index is 0.0355. The molecular weight excluding hydrogens is 404 g/mol. The van der Waals surface area contributed by atoms with Crippen molar-refractivity contribution in [2.45, 2.75) is 31.2 Å². The van der Waals surface area contributed by atoms with E-state index in [9.17, 15) is 9.59 Å². The first-order chi connectivity index (χ1) is 15.6. The second-order valence-electron chi connectivity index (χ2n) is 8.54. The van der Waals surface area contributed by atoms with E-state index >= 15 is 0 Å². The lowest BCUT2D eigenvalue weighted by molar-refractivity contribution is -0.123. The number of hydrogen-bond donors (Lipinski definition) is 0. The van der Waals surface area contributed by atoms with E-state index in [0.717, 1.165) is 42.8 Å². The number of piperazine rings is 1. The van der Waals surface area contributed by atoms with Crippen LogP contribution in [0, 0.1) is 0 Å². The predicted molar refractivity (Wildman–Crippen MR) is 121 cm³/mol. The highest BCUT2D eigenvalue weighted by Crippen LogP contribution is 2.41. The normalized spacial score (nSPS) is 17.7. The molecule has 1 spiro atoms. The van der Waals surface area contributed by atoms with Crippen LogP contribution in [0.3, 0.4) is 0 Å². The first-order valence-electron chi connectivity index (χ1n) is 10.9. The van der Waals surface area contributed by atoms with Crippen LogP contribution < -0.4 is 9.64 Å². The van der Waals surface area contributed by atoms with Gasteiger partial charge in [-0.1, -0.05) is 12.8 Å². The summed E-state index contributed by atoms with van der Waals surface area (Å²) in [7, 11) is 1.63. The van der Waals surface area contributed by atoms with Gasteiger partial charge in [0, 0.05) is 35.9 Å². The lowest BCUT2D eigenvalue weighted by Gasteiger charge is -2.48. The number of methoxy groups -OCH3 is 1. The maximum absolute atomic E-state index is 13.4. The van der Waals surface area contributed by atoms with Crippen molar-refractivity contribution >= 4 is 17.5 Å². The SMILES string of the molecule is COc1ccc(N2C(=O)CN(C(=O)c3ccc(-n4ccnc4)cc3)CC23CCCC3)cc1. The Morgan fingerprint density at radius 3 is 2.31 bits per heavy atom. The third kappa shape index (κ3) is 3.53. The van der Waals surface area contributed by atoms with Gasteiger partial charge in [-0.15, -0.1) is 0 Å². The molecule has 164 valence electrons. The largest absolute Gasteiger partial charge is 0.497 e. The van der Waals surface area contributed by atoms with E-state index in [1.807, 2.05) is 64.2 Å². The molecule has 7 nitrogen and oxygen atoms in total. The average Bonchev–Trinajstić information content (AvgIpc) is 3.52. The number of carbonyl (C=O) groups excluding carboxylic acids is 2. The van der Waals surface area contributed by atoms with E-state index in [1.54, 1.807) is 24.5 Å². The second kappa shape index (κ2) is 8.15. The van der Waals surface area contributed by atoms with Gasteiger partial charge in [0.05, 0.1) is 19.0 Å². The van der Waals surface area contributed by atoms with Crippen LogP contribution in [0.5, 0.6) is 5.75 Å². The third-order valence-corrected chi connectivity index (χ3v) is 6.60. The Hall–Kier alpha value is -3.61. The number of carbonyl (C=O) groups is 2. The number of rotatable bonds is 4. The minimum Gasteiger partial charge on any atom is -0.497 e. The Labute approximate surface area is 187 Å². The molecule has 7 heteroatoms. The Morgan fingerprint density at radius 1 is 1.00 bits per heavy atom. The number of amides is 2. The number of imidazole rings is 1. The monoisotopic (exact) mass is 430 g/mol. The molecule has 1 aliphatic heterocycles. The molecule has 2 aliphatic rings. The van der Waals surface area contributed by atoms with E-state index in [0.29, 0.717) is 12.1 Å². The molecule has 1 saturated carbocycles. The molecule has 32 heavy (non-hydrogen) atoms. The molecule has 2 heterocycles. The zero-order valence-electron chi connectivity index (χ0n) is 18.1. The fourth-order valence-electron chi connectivity index (χ4n) is 5.06. The highest BCUT2D eigenvalue weighted by atomic mass is 16.5. The van der Waals surface area contributed by atoms with Gasteiger partial charge in [-0.2, -0.15) is 0 Å². The summed E-state index contributed by atoms with van der Waals surface area (Å²) in [5, 5.41) is 0. The van der Waals surface area contributed by atoms with E-state index in [-0.39, 0.29) is 23.9 Å². The number of anilines is 1. The molecule has 5 rings (SSSR count). The van der Waals surface area contributed by atoms with Crippen molar-refractivity contribution in [2.75, 3.05) is 25.1 Å². The van der Waals surface area contributed by atoms with Gasteiger partial charge in [0.1, 0.15) is 12.3 Å². The molecule has 1 saturated heterocycles. The van der Waals surface area contributed by atoms with E-state index in [2.05, 4.69) is 4.98 Å². The van der Waals surface area contributed by atoms with E-state index in [1.165, 1.54) is 0 Å². The summed E-state index contributed by atoms with van der Waals surface area (Å²) in [5.41, 5.74) is 2.05. The fourth-order valence-corrected chi connectivity index (χ4v) is 5.06. The molecule has 0 unspecified atom stereocenters. The maximum Gasteiger partial charge on any atom is 0.254 e. The van der Waals surface area contributed by atoms with Crippen LogP contribution in [-0.2, 0) is 4.79 Å². The van der Waals surface area contributed by atoms with Crippen molar-refractivity contribution in [1.82, 2.24) is 14.5 Å². The van der Waals surface area contributed by atoms with Crippen LogP contribution >= 0.6 is 0 Å². The average molecular weight is 431 g/mol. The number of hydrogen-bond acceptors (Lipinski definition) is 4. The van der Waals surface area contributed by atoms with Crippen LogP contribution in [0.1, 0.15) is 36.0 Å². The van der Waals surface area contributed by atoms with Crippen molar-refractivity contribution in [2.24, 2.45) is 0 Å². The lowest BCUT2D eigenvalue weighted by atomic mass is 9.90. The van der Waals surface area contributed by atoms with Gasteiger partial charge in [0.15, 0.2) is 0 Å². The van der Waals surface area contributed by atoms with Crippen LogP contribution in [0.15, 0.2) is 67.3 Å². The molecule has 3 aromatic rings. The van der Waals surface area contributed by atoms with Crippen molar-refractivity contribution in [3.05, 3.63) is 72.8 Å². The molecule has 2 fully saturated rings. The fraction of sp³-hybridized carbons (Fsp3) is 0.320. The maximum atomic E-state index is 13.4. The van der Waals surface area contributed by atoms with Gasteiger partial charge in [-0.25, -0.2) is 4.98 Å². The van der Waals surface area contributed by atoms with Gasteiger partial charge < -0.3 is 19.1 Å². The standard InChI is InChI=1S/C25H26N4O3/c1-32-22-10-8-21(9-11-22)29-23(30)16-28(17-25(29)12-2-3-13-25)24(31)19-4-6-20(7-5-19)27-15-14-26-18-27/h4-11,14-15,18H,2-3,12-13,16-17H2,1H3. The van der Waals surface area contributed by atoms with Gasteiger partial charge in [0.25, 0.3) is 5.91 Å². The van der Waals surface area contributed by atoms with Crippen molar-refractivity contribution in [1.29, 1.82) is 0 Å². The minimum atomic E-state index is -0.351. The second-order valence-corrected chi connectivity index (χ2v) is 8.54. The highest BCUT2D eigenvalue weighted by Gasteiger charge is 2.48. The van der Waals surface area contributed by atoms with Crippen molar-refractivity contribution < 1.29 is 14.3 Å². The van der Waals surface area contributed by atoms with Crippen LogP contribution in [0.25, 0.3) is 5.69 Å². The summed E-state index contributed by atoms with van der Waals surface area (Å²) in [6.07, 6.45) is 9.20. The Morgan fingerprint density at radius 2 is 1.69 bits per heavy atom. The van der Waals surface area contributed by atoms with Crippen LogP contribution in [-0.4, -0.2) is 52.0 Å². The van der Waals surface area contributed by atoms with Crippen molar-refractivity contribution in [3.63, 3.8) is 0 Å². The van der Waals surface area contributed by atoms with Gasteiger partial charge in [-0.05, 0) is 61.4 Å². The number of aromatic nitrogens is 2. The zero-order valence-corrected chi connectivity index (χ0v) is 18.1. The Balaban J connectivity index is 1.40. The molecule has 2 aromatic carbocycles.